The predicted octanol–water partition coefficient (Wildman–Crippen LogP) is -0.301. The van der Waals surface area contributed by atoms with E-state index in [0.717, 1.165) is 25.9 Å². The molecule has 86 valence electrons. The Labute approximate surface area is 89.2 Å². The van der Waals surface area contributed by atoms with Crippen molar-refractivity contribution < 1.29 is 14.7 Å². The summed E-state index contributed by atoms with van der Waals surface area (Å²) in [6.45, 7) is 4.36. The number of likely N-dealkylation sites (tertiary alicyclic amines) is 1. The van der Waals surface area contributed by atoms with E-state index in [0.29, 0.717) is 12.5 Å². The van der Waals surface area contributed by atoms with E-state index in [4.69, 9.17) is 10.8 Å². The number of ketones is 1. The molecule has 1 unspecified atom stereocenters. The highest BCUT2D eigenvalue weighted by Crippen LogP contribution is 2.15. The lowest BCUT2D eigenvalue weighted by Crippen LogP contribution is -2.47. The summed E-state index contributed by atoms with van der Waals surface area (Å²) in [6.07, 6.45) is 2.18. The standard InChI is InChI=1S/C10H18N2O3/c1-7-2-4-12(5-3-7)6-8(11)9(13)10(14)15/h7-8H,2-6,11H2,1H3,(H,14,15). The fourth-order valence-corrected chi connectivity index (χ4v) is 1.76. The van der Waals surface area contributed by atoms with Gasteiger partial charge in [-0.1, -0.05) is 6.92 Å². The summed E-state index contributed by atoms with van der Waals surface area (Å²) in [6, 6.07) is -0.893. The van der Waals surface area contributed by atoms with Crippen molar-refractivity contribution in [3.05, 3.63) is 0 Å². The molecule has 5 heteroatoms. The van der Waals surface area contributed by atoms with E-state index in [1.165, 1.54) is 0 Å². The fraction of sp³-hybridized carbons (Fsp3) is 0.800. The van der Waals surface area contributed by atoms with Gasteiger partial charge in [0.05, 0.1) is 6.04 Å². The van der Waals surface area contributed by atoms with Gasteiger partial charge in [0.2, 0.25) is 0 Å². The number of carbonyl (C=O) groups is 2. The predicted molar refractivity (Wildman–Crippen MR) is 55.5 cm³/mol. The summed E-state index contributed by atoms with van der Waals surface area (Å²) in [5.74, 6) is -1.62. The van der Waals surface area contributed by atoms with Crippen LogP contribution < -0.4 is 5.73 Å². The number of rotatable bonds is 4. The molecule has 1 atom stereocenters. The Morgan fingerprint density at radius 3 is 2.47 bits per heavy atom. The maximum absolute atomic E-state index is 11.0. The first-order valence-electron chi connectivity index (χ1n) is 5.25. The van der Waals surface area contributed by atoms with E-state index in [-0.39, 0.29) is 0 Å². The van der Waals surface area contributed by atoms with Gasteiger partial charge in [-0.3, -0.25) is 4.79 Å². The zero-order valence-corrected chi connectivity index (χ0v) is 8.98. The number of nitrogens with zero attached hydrogens (tertiary/aromatic N) is 1. The van der Waals surface area contributed by atoms with Crippen LogP contribution in [-0.4, -0.2) is 47.4 Å². The SMILES string of the molecule is CC1CCN(CC(N)C(=O)C(=O)O)CC1. The first-order valence-corrected chi connectivity index (χ1v) is 5.25. The fourth-order valence-electron chi connectivity index (χ4n) is 1.76. The lowest BCUT2D eigenvalue weighted by atomic mass is 9.98. The first-order chi connectivity index (χ1) is 7.00. The molecule has 5 nitrogen and oxygen atoms in total. The minimum absolute atomic E-state index is 0.359. The molecule has 1 aliphatic rings. The molecule has 1 aliphatic heterocycles. The smallest absolute Gasteiger partial charge is 0.373 e. The van der Waals surface area contributed by atoms with Crippen LogP contribution in [0.2, 0.25) is 0 Å². The third-order valence-electron chi connectivity index (χ3n) is 2.88. The van der Waals surface area contributed by atoms with Crippen LogP contribution in [0.5, 0.6) is 0 Å². The van der Waals surface area contributed by atoms with Crippen molar-refractivity contribution in [2.24, 2.45) is 11.7 Å². The molecule has 15 heavy (non-hydrogen) atoms. The highest BCUT2D eigenvalue weighted by Gasteiger charge is 2.25. The van der Waals surface area contributed by atoms with Crippen molar-refractivity contribution in [3.8, 4) is 0 Å². The third kappa shape index (κ3) is 3.60. The highest BCUT2D eigenvalue weighted by atomic mass is 16.4. The van der Waals surface area contributed by atoms with E-state index in [9.17, 15) is 9.59 Å². The molecule has 0 aromatic carbocycles. The van der Waals surface area contributed by atoms with Gasteiger partial charge in [-0.2, -0.15) is 0 Å². The van der Waals surface area contributed by atoms with Crippen LogP contribution in [-0.2, 0) is 9.59 Å². The summed E-state index contributed by atoms with van der Waals surface area (Å²) >= 11 is 0. The largest absolute Gasteiger partial charge is 0.475 e. The summed E-state index contributed by atoms with van der Waals surface area (Å²) in [5, 5.41) is 8.48. The Bertz CT molecular complexity index is 247. The third-order valence-corrected chi connectivity index (χ3v) is 2.88. The van der Waals surface area contributed by atoms with E-state index < -0.39 is 17.8 Å². The lowest BCUT2D eigenvalue weighted by Gasteiger charge is -2.31. The molecule has 1 saturated heterocycles. The normalized spacial score (nSPS) is 21.2. The van der Waals surface area contributed by atoms with Crippen LogP contribution in [0.3, 0.4) is 0 Å². The van der Waals surface area contributed by atoms with Crippen molar-refractivity contribution in [3.63, 3.8) is 0 Å². The van der Waals surface area contributed by atoms with E-state index >= 15 is 0 Å². The first kappa shape index (κ1) is 12.1. The molecular formula is C10H18N2O3. The zero-order chi connectivity index (χ0) is 11.4. The molecule has 3 N–H and O–H groups in total. The summed E-state index contributed by atoms with van der Waals surface area (Å²) in [4.78, 5) is 23.5. The summed E-state index contributed by atoms with van der Waals surface area (Å²) in [5.41, 5.74) is 5.51. The molecule has 0 radical (unpaired) electrons. The van der Waals surface area contributed by atoms with Crippen LogP contribution >= 0.6 is 0 Å². The molecule has 1 rings (SSSR count). The minimum atomic E-state index is -1.44. The topological polar surface area (TPSA) is 83.6 Å². The molecule has 0 aromatic heterocycles. The van der Waals surface area contributed by atoms with E-state index in [2.05, 4.69) is 11.8 Å². The van der Waals surface area contributed by atoms with Crippen molar-refractivity contribution in [2.45, 2.75) is 25.8 Å². The van der Waals surface area contributed by atoms with E-state index in [1.54, 1.807) is 0 Å². The summed E-state index contributed by atoms with van der Waals surface area (Å²) < 4.78 is 0. The summed E-state index contributed by atoms with van der Waals surface area (Å²) in [7, 11) is 0. The second kappa shape index (κ2) is 5.23. The van der Waals surface area contributed by atoms with E-state index in [1.807, 2.05) is 0 Å². The molecule has 0 aromatic rings. The molecule has 0 amide bonds. The van der Waals surface area contributed by atoms with Crippen LogP contribution in [0.1, 0.15) is 19.8 Å². The number of hydrogen-bond acceptors (Lipinski definition) is 4. The Balaban J connectivity index is 2.35. The Morgan fingerprint density at radius 2 is 2.00 bits per heavy atom. The van der Waals surface area contributed by atoms with Crippen molar-refractivity contribution >= 4 is 11.8 Å². The molecule has 0 spiro atoms. The van der Waals surface area contributed by atoms with Gasteiger partial charge in [-0.05, 0) is 31.8 Å². The number of hydrogen-bond donors (Lipinski definition) is 2. The minimum Gasteiger partial charge on any atom is -0.475 e. The Morgan fingerprint density at radius 1 is 1.47 bits per heavy atom. The molecule has 0 saturated carbocycles. The molecular weight excluding hydrogens is 196 g/mol. The molecule has 0 bridgehead atoms. The van der Waals surface area contributed by atoms with Crippen molar-refractivity contribution in [1.82, 2.24) is 4.90 Å². The van der Waals surface area contributed by atoms with Gasteiger partial charge in [0.1, 0.15) is 0 Å². The zero-order valence-electron chi connectivity index (χ0n) is 8.98. The second-order valence-corrected chi connectivity index (χ2v) is 4.26. The molecule has 1 fully saturated rings. The van der Waals surface area contributed by atoms with Gasteiger partial charge in [0.15, 0.2) is 0 Å². The van der Waals surface area contributed by atoms with Crippen LogP contribution in [0.15, 0.2) is 0 Å². The van der Waals surface area contributed by atoms with Crippen molar-refractivity contribution in [2.75, 3.05) is 19.6 Å². The lowest BCUT2D eigenvalue weighted by molar-refractivity contribution is -0.149. The van der Waals surface area contributed by atoms with Gasteiger partial charge in [-0.15, -0.1) is 0 Å². The number of aliphatic carboxylic acids is 1. The number of piperidine rings is 1. The quantitative estimate of drug-likeness (QED) is 0.628. The van der Waals surface area contributed by atoms with Gasteiger partial charge in [0.25, 0.3) is 5.78 Å². The van der Waals surface area contributed by atoms with Gasteiger partial charge < -0.3 is 15.7 Å². The highest BCUT2D eigenvalue weighted by molar-refractivity contribution is 6.34. The molecule has 1 heterocycles. The van der Waals surface area contributed by atoms with Gasteiger partial charge in [0, 0.05) is 6.54 Å². The maximum atomic E-state index is 11.0. The monoisotopic (exact) mass is 214 g/mol. The van der Waals surface area contributed by atoms with Crippen LogP contribution in [0, 0.1) is 5.92 Å². The number of nitrogens with two attached hydrogens (primary N) is 1. The van der Waals surface area contributed by atoms with Gasteiger partial charge >= 0.3 is 5.97 Å². The van der Waals surface area contributed by atoms with Crippen LogP contribution in [0.25, 0.3) is 0 Å². The maximum Gasteiger partial charge on any atom is 0.373 e. The van der Waals surface area contributed by atoms with Crippen LogP contribution in [0.4, 0.5) is 0 Å². The number of carbonyl (C=O) groups excluding carboxylic acids is 1. The average molecular weight is 214 g/mol. The molecule has 0 aliphatic carbocycles. The second-order valence-electron chi connectivity index (χ2n) is 4.26. The average Bonchev–Trinajstić information content (AvgIpc) is 2.20. The number of Topliss-reactive ketones (excluding diaryl/α,β-unsaturated/α-hetero) is 1. The van der Waals surface area contributed by atoms with Crippen molar-refractivity contribution in [1.29, 1.82) is 0 Å². The number of carboxylic acids is 1. The number of carboxylic acid groups (broad SMARTS) is 1. The Hall–Kier alpha value is -0.940. The van der Waals surface area contributed by atoms with Gasteiger partial charge in [-0.25, -0.2) is 4.79 Å². The Kier molecular flexibility index (Phi) is 4.23.